The van der Waals surface area contributed by atoms with Gasteiger partial charge in [0.1, 0.15) is 5.82 Å². The number of aliphatic imine (C=N–C) groups is 1. The maximum Gasteiger partial charge on any atom is 0.193 e. The number of hydrogen-bond acceptors (Lipinski definition) is 4. The molecule has 0 bridgehead atoms. The number of nitrogens with zero attached hydrogens (tertiary/aromatic N) is 4. The van der Waals surface area contributed by atoms with E-state index in [0.717, 1.165) is 50.9 Å². The van der Waals surface area contributed by atoms with Gasteiger partial charge in [0, 0.05) is 46.0 Å². The summed E-state index contributed by atoms with van der Waals surface area (Å²) in [5.41, 5.74) is 2.59. The highest BCUT2D eigenvalue weighted by Crippen LogP contribution is 2.21. The van der Waals surface area contributed by atoms with Crippen molar-refractivity contribution in [2.24, 2.45) is 10.9 Å². The first-order chi connectivity index (χ1) is 15.1. The molecule has 6 nitrogen and oxygen atoms in total. The minimum atomic E-state index is 0. The van der Waals surface area contributed by atoms with Gasteiger partial charge in [0.15, 0.2) is 5.96 Å². The molecular formula is C25H36IN5O. The normalized spacial score (nSPS) is 23.7. The molecule has 1 aromatic heterocycles. The fourth-order valence-corrected chi connectivity index (χ4v) is 4.73. The fraction of sp³-hybridized carbons (Fsp3) is 0.520. The molecule has 1 N–H and O–H groups in total. The number of rotatable bonds is 5. The predicted molar refractivity (Wildman–Crippen MR) is 142 cm³/mol. The first-order valence-electron chi connectivity index (χ1n) is 11.5. The number of aromatic nitrogens is 1. The molecule has 0 radical (unpaired) electrons. The molecule has 0 spiro atoms. The van der Waals surface area contributed by atoms with Crippen molar-refractivity contribution in [1.29, 1.82) is 0 Å². The molecule has 0 saturated carbocycles. The Morgan fingerprint density at radius 2 is 1.81 bits per heavy atom. The van der Waals surface area contributed by atoms with E-state index < -0.39 is 0 Å². The van der Waals surface area contributed by atoms with Crippen LogP contribution in [0.2, 0.25) is 0 Å². The standard InChI is InChI=1S/C25H35N5O.HI/c1-19-16-30(17-20(2)31-19)24-10-9-23(14-27-24)15-28-25(26-3)29-12-11-22(18-29)13-21-7-5-4-6-8-21;/h4-10,14,19-20,22H,11-13,15-18H2,1-3H3,(H,26,28);1H. The van der Waals surface area contributed by atoms with Crippen LogP contribution < -0.4 is 10.2 Å². The van der Waals surface area contributed by atoms with Crippen molar-refractivity contribution in [2.75, 3.05) is 38.1 Å². The first-order valence-corrected chi connectivity index (χ1v) is 11.5. The lowest BCUT2D eigenvalue weighted by Gasteiger charge is -2.36. The van der Waals surface area contributed by atoms with Crippen molar-refractivity contribution >= 4 is 35.8 Å². The highest BCUT2D eigenvalue weighted by atomic mass is 127. The number of guanidine groups is 1. The van der Waals surface area contributed by atoms with Crippen LogP contribution in [0.1, 0.15) is 31.4 Å². The largest absolute Gasteiger partial charge is 0.372 e. The van der Waals surface area contributed by atoms with Crippen molar-refractivity contribution in [3.8, 4) is 0 Å². The summed E-state index contributed by atoms with van der Waals surface area (Å²) >= 11 is 0. The summed E-state index contributed by atoms with van der Waals surface area (Å²) in [6, 6.07) is 15.1. The van der Waals surface area contributed by atoms with Crippen LogP contribution in [0, 0.1) is 5.92 Å². The molecule has 2 saturated heterocycles. The number of nitrogens with one attached hydrogen (secondary N) is 1. The van der Waals surface area contributed by atoms with Crippen LogP contribution >= 0.6 is 24.0 Å². The number of benzene rings is 1. The Balaban J connectivity index is 0.00000289. The van der Waals surface area contributed by atoms with Gasteiger partial charge in [0.2, 0.25) is 0 Å². The summed E-state index contributed by atoms with van der Waals surface area (Å²) < 4.78 is 5.83. The van der Waals surface area contributed by atoms with Crippen molar-refractivity contribution in [2.45, 2.75) is 45.4 Å². The number of morpholine rings is 1. The summed E-state index contributed by atoms with van der Waals surface area (Å²) in [4.78, 5) is 13.9. The van der Waals surface area contributed by atoms with Gasteiger partial charge >= 0.3 is 0 Å². The highest BCUT2D eigenvalue weighted by molar-refractivity contribution is 14.0. The van der Waals surface area contributed by atoms with E-state index in [1.54, 1.807) is 0 Å². The fourth-order valence-electron chi connectivity index (χ4n) is 4.73. The van der Waals surface area contributed by atoms with Crippen LogP contribution in [-0.2, 0) is 17.7 Å². The second-order valence-corrected chi connectivity index (χ2v) is 8.88. The molecule has 2 aromatic rings. The Hall–Kier alpha value is -1.87. The molecule has 4 rings (SSSR count). The second kappa shape index (κ2) is 11.8. The minimum Gasteiger partial charge on any atom is -0.372 e. The van der Waals surface area contributed by atoms with E-state index in [4.69, 9.17) is 9.72 Å². The minimum absolute atomic E-state index is 0. The van der Waals surface area contributed by atoms with Crippen LogP contribution in [-0.4, -0.2) is 61.3 Å². The molecule has 7 heteroatoms. The lowest BCUT2D eigenvalue weighted by Crippen LogP contribution is -2.45. The average Bonchev–Trinajstić information content (AvgIpc) is 3.23. The highest BCUT2D eigenvalue weighted by Gasteiger charge is 2.25. The molecule has 0 amide bonds. The molecular weight excluding hydrogens is 513 g/mol. The van der Waals surface area contributed by atoms with E-state index in [0.29, 0.717) is 5.92 Å². The van der Waals surface area contributed by atoms with Gasteiger partial charge in [0.05, 0.1) is 12.2 Å². The second-order valence-electron chi connectivity index (χ2n) is 8.88. The lowest BCUT2D eigenvalue weighted by atomic mass is 9.99. The molecule has 2 aliphatic heterocycles. The molecule has 174 valence electrons. The molecule has 3 heterocycles. The van der Waals surface area contributed by atoms with E-state index in [-0.39, 0.29) is 36.2 Å². The van der Waals surface area contributed by atoms with Gasteiger partial charge in [0.25, 0.3) is 0 Å². The zero-order valence-corrected chi connectivity index (χ0v) is 21.7. The van der Waals surface area contributed by atoms with Crippen molar-refractivity contribution in [3.63, 3.8) is 0 Å². The van der Waals surface area contributed by atoms with Crippen molar-refractivity contribution < 1.29 is 4.74 Å². The molecule has 3 atom stereocenters. The van der Waals surface area contributed by atoms with Gasteiger partial charge in [-0.3, -0.25) is 4.99 Å². The predicted octanol–water partition coefficient (Wildman–Crippen LogP) is 3.95. The van der Waals surface area contributed by atoms with Crippen LogP contribution in [0.3, 0.4) is 0 Å². The van der Waals surface area contributed by atoms with Crippen molar-refractivity contribution in [1.82, 2.24) is 15.2 Å². The SMILES string of the molecule is CN=C(NCc1ccc(N2CC(C)OC(C)C2)nc1)N1CCC(Cc2ccccc2)C1.I. The molecule has 2 aliphatic rings. The summed E-state index contributed by atoms with van der Waals surface area (Å²) in [6.45, 7) is 8.86. The maximum absolute atomic E-state index is 5.83. The van der Waals surface area contributed by atoms with E-state index >= 15 is 0 Å². The Kier molecular flexibility index (Phi) is 9.16. The van der Waals surface area contributed by atoms with Crippen LogP contribution in [0.4, 0.5) is 5.82 Å². The van der Waals surface area contributed by atoms with Crippen LogP contribution in [0.5, 0.6) is 0 Å². The van der Waals surface area contributed by atoms with Gasteiger partial charge in [-0.05, 0) is 49.8 Å². The summed E-state index contributed by atoms with van der Waals surface area (Å²) in [5, 5.41) is 3.53. The maximum atomic E-state index is 5.83. The van der Waals surface area contributed by atoms with Gasteiger partial charge in [-0.1, -0.05) is 36.4 Å². The molecule has 1 aromatic carbocycles. The number of anilines is 1. The first kappa shape index (κ1) is 24.8. The molecule has 2 fully saturated rings. The van der Waals surface area contributed by atoms with Gasteiger partial charge in [-0.15, -0.1) is 24.0 Å². The molecule has 32 heavy (non-hydrogen) atoms. The van der Waals surface area contributed by atoms with E-state index in [1.165, 1.54) is 17.5 Å². The van der Waals surface area contributed by atoms with Crippen LogP contribution in [0.15, 0.2) is 53.7 Å². The Bertz CT molecular complexity index is 850. The average molecular weight is 550 g/mol. The Morgan fingerprint density at radius 1 is 1.06 bits per heavy atom. The third kappa shape index (κ3) is 6.57. The Labute approximate surface area is 209 Å². The molecule has 0 aliphatic carbocycles. The smallest absolute Gasteiger partial charge is 0.193 e. The number of hydrogen-bond donors (Lipinski definition) is 1. The number of likely N-dealkylation sites (tertiary alicyclic amines) is 1. The number of pyridine rings is 1. The summed E-state index contributed by atoms with van der Waals surface area (Å²) in [5.74, 6) is 2.69. The summed E-state index contributed by atoms with van der Waals surface area (Å²) in [7, 11) is 1.87. The third-order valence-corrected chi connectivity index (χ3v) is 6.17. The van der Waals surface area contributed by atoms with E-state index in [2.05, 4.69) is 76.4 Å². The zero-order valence-electron chi connectivity index (χ0n) is 19.4. The van der Waals surface area contributed by atoms with E-state index in [9.17, 15) is 0 Å². The topological polar surface area (TPSA) is 53.0 Å². The lowest BCUT2D eigenvalue weighted by molar-refractivity contribution is -0.00545. The monoisotopic (exact) mass is 549 g/mol. The van der Waals surface area contributed by atoms with Gasteiger partial charge < -0.3 is 19.9 Å². The summed E-state index contributed by atoms with van der Waals surface area (Å²) in [6.07, 6.45) is 4.80. The number of ether oxygens (including phenoxy) is 1. The quantitative estimate of drug-likeness (QED) is 0.348. The zero-order chi connectivity index (χ0) is 21.6. The van der Waals surface area contributed by atoms with Gasteiger partial charge in [-0.2, -0.15) is 0 Å². The van der Waals surface area contributed by atoms with Crippen LogP contribution in [0.25, 0.3) is 0 Å². The third-order valence-electron chi connectivity index (χ3n) is 6.17. The molecule has 3 unspecified atom stereocenters. The van der Waals surface area contributed by atoms with Gasteiger partial charge in [-0.25, -0.2) is 4.98 Å². The number of halogens is 1. The van der Waals surface area contributed by atoms with Crippen molar-refractivity contribution in [3.05, 3.63) is 59.8 Å². The van der Waals surface area contributed by atoms with E-state index in [1.807, 2.05) is 13.2 Å². The Morgan fingerprint density at radius 3 is 2.47 bits per heavy atom.